The molecule has 1 N–H and O–H groups in total. The summed E-state index contributed by atoms with van der Waals surface area (Å²) in [4.78, 5) is 24.0. The molecule has 2 rings (SSSR count). The number of hydrogen-bond acceptors (Lipinski definition) is 5. The summed E-state index contributed by atoms with van der Waals surface area (Å²) in [5.41, 5.74) is 2.62. The van der Waals surface area contributed by atoms with Gasteiger partial charge in [0.15, 0.2) is 12.7 Å². The van der Waals surface area contributed by atoms with E-state index in [4.69, 9.17) is 14.2 Å². The topological polar surface area (TPSA) is 73.9 Å². The summed E-state index contributed by atoms with van der Waals surface area (Å²) in [6, 6.07) is 12.5. The van der Waals surface area contributed by atoms with Gasteiger partial charge in [-0.1, -0.05) is 12.1 Å². The molecule has 2 aromatic carbocycles. The van der Waals surface area contributed by atoms with Crippen molar-refractivity contribution in [1.29, 1.82) is 0 Å². The van der Waals surface area contributed by atoms with E-state index in [9.17, 15) is 9.59 Å². The molecular weight excluding hydrogens is 334 g/mol. The molecule has 0 aliphatic carbocycles. The number of hydrogen-bond donors (Lipinski definition) is 1. The lowest BCUT2D eigenvalue weighted by Gasteiger charge is -2.15. The Morgan fingerprint density at radius 2 is 1.77 bits per heavy atom. The predicted molar refractivity (Wildman–Crippen MR) is 98.6 cm³/mol. The first kappa shape index (κ1) is 19.3. The van der Waals surface area contributed by atoms with Gasteiger partial charge in [0.1, 0.15) is 11.5 Å². The van der Waals surface area contributed by atoms with Gasteiger partial charge in [-0.2, -0.15) is 0 Å². The van der Waals surface area contributed by atoms with Crippen LogP contribution in [-0.4, -0.2) is 31.7 Å². The molecule has 138 valence electrons. The first-order chi connectivity index (χ1) is 12.4. The Kier molecular flexibility index (Phi) is 6.60. The standard InChI is InChI=1S/C20H23NO5/c1-13-6-5-7-18(14(13)2)25-12-19(22)26-15(3)20(23)21-16-8-10-17(24-4)11-9-16/h5-11,15H,12H2,1-4H3,(H,21,23)/t15-/m0/s1. The Hall–Kier alpha value is -3.02. The normalized spacial score (nSPS) is 11.4. The van der Waals surface area contributed by atoms with Crippen molar-refractivity contribution in [3.05, 3.63) is 53.6 Å². The van der Waals surface area contributed by atoms with E-state index in [1.165, 1.54) is 6.92 Å². The van der Waals surface area contributed by atoms with Crippen LogP contribution in [-0.2, 0) is 14.3 Å². The van der Waals surface area contributed by atoms with Crippen LogP contribution in [0.25, 0.3) is 0 Å². The van der Waals surface area contributed by atoms with Crippen LogP contribution in [0, 0.1) is 13.8 Å². The smallest absolute Gasteiger partial charge is 0.344 e. The van der Waals surface area contributed by atoms with E-state index < -0.39 is 18.0 Å². The first-order valence-electron chi connectivity index (χ1n) is 8.24. The highest BCUT2D eigenvalue weighted by atomic mass is 16.6. The van der Waals surface area contributed by atoms with Gasteiger partial charge < -0.3 is 19.5 Å². The van der Waals surface area contributed by atoms with E-state index in [-0.39, 0.29) is 6.61 Å². The Labute approximate surface area is 153 Å². The molecular formula is C20H23NO5. The minimum absolute atomic E-state index is 0.259. The number of anilines is 1. The zero-order valence-electron chi connectivity index (χ0n) is 15.4. The van der Waals surface area contributed by atoms with Crippen molar-refractivity contribution in [2.75, 3.05) is 19.0 Å². The Balaban J connectivity index is 1.83. The van der Waals surface area contributed by atoms with Crippen LogP contribution in [0.1, 0.15) is 18.1 Å². The number of esters is 1. The number of carbonyl (C=O) groups is 2. The third kappa shape index (κ3) is 5.24. The molecule has 1 atom stereocenters. The highest BCUT2D eigenvalue weighted by Crippen LogP contribution is 2.20. The average molecular weight is 357 g/mol. The van der Waals surface area contributed by atoms with E-state index in [2.05, 4.69) is 5.32 Å². The van der Waals surface area contributed by atoms with Gasteiger partial charge in [-0.05, 0) is 62.2 Å². The van der Waals surface area contributed by atoms with Gasteiger partial charge in [0.05, 0.1) is 7.11 Å². The van der Waals surface area contributed by atoms with Gasteiger partial charge in [0.25, 0.3) is 5.91 Å². The molecule has 0 saturated heterocycles. The summed E-state index contributed by atoms with van der Waals surface area (Å²) >= 11 is 0. The van der Waals surface area contributed by atoms with Crippen LogP contribution in [0.2, 0.25) is 0 Å². The lowest BCUT2D eigenvalue weighted by molar-refractivity contribution is -0.155. The zero-order valence-corrected chi connectivity index (χ0v) is 15.4. The van der Waals surface area contributed by atoms with Gasteiger partial charge in [0.2, 0.25) is 0 Å². The monoisotopic (exact) mass is 357 g/mol. The predicted octanol–water partition coefficient (Wildman–Crippen LogP) is 3.26. The third-order valence-electron chi connectivity index (χ3n) is 3.94. The quantitative estimate of drug-likeness (QED) is 0.770. The fraction of sp³-hybridized carbons (Fsp3) is 0.300. The van der Waals surface area contributed by atoms with Crippen molar-refractivity contribution in [1.82, 2.24) is 0 Å². The Bertz CT molecular complexity index is 770. The summed E-state index contributed by atoms with van der Waals surface area (Å²) < 4.78 is 15.7. The van der Waals surface area contributed by atoms with Crippen molar-refractivity contribution in [2.24, 2.45) is 0 Å². The number of aryl methyl sites for hydroxylation is 1. The summed E-state index contributed by atoms with van der Waals surface area (Å²) in [6.07, 6.45) is -0.938. The fourth-order valence-corrected chi connectivity index (χ4v) is 2.22. The molecule has 0 aliphatic heterocycles. The second-order valence-electron chi connectivity index (χ2n) is 5.84. The fourth-order valence-electron chi connectivity index (χ4n) is 2.22. The molecule has 2 aromatic rings. The SMILES string of the molecule is COc1ccc(NC(=O)[C@H](C)OC(=O)COc2cccc(C)c2C)cc1. The van der Waals surface area contributed by atoms with Crippen LogP contribution in [0.15, 0.2) is 42.5 Å². The van der Waals surface area contributed by atoms with E-state index in [0.29, 0.717) is 17.2 Å². The zero-order chi connectivity index (χ0) is 19.1. The molecule has 0 radical (unpaired) electrons. The van der Waals surface area contributed by atoms with E-state index in [1.807, 2.05) is 26.0 Å². The molecule has 26 heavy (non-hydrogen) atoms. The van der Waals surface area contributed by atoms with Gasteiger partial charge in [0, 0.05) is 5.69 Å². The van der Waals surface area contributed by atoms with Crippen molar-refractivity contribution < 1.29 is 23.8 Å². The molecule has 6 nitrogen and oxygen atoms in total. The number of benzene rings is 2. The van der Waals surface area contributed by atoms with Crippen LogP contribution in [0.4, 0.5) is 5.69 Å². The van der Waals surface area contributed by atoms with Crippen LogP contribution < -0.4 is 14.8 Å². The highest BCUT2D eigenvalue weighted by Gasteiger charge is 2.18. The second kappa shape index (κ2) is 8.89. The van der Waals surface area contributed by atoms with E-state index >= 15 is 0 Å². The Morgan fingerprint density at radius 3 is 2.42 bits per heavy atom. The molecule has 0 spiro atoms. The maximum atomic E-state index is 12.1. The number of rotatable bonds is 7. The molecule has 1 amide bonds. The molecule has 0 aliphatic rings. The number of nitrogens with one attached hydrogen (secondary N) is 1. The van der Waals surface area contributed by atoms with Gasteiger partial charge in [-0.15, -0.1) is 0 Å². The number of carbonyl (C=O) groups excluding carboxylic acids is 2. The molecule has 0 saturated carbocycles. The van der Waals surface area contributed by atoms with Gasteiger partial charge in [-0.25, -0.2) is 4.79 Å². The average Bonchev–Trinajstić information content (AvgIpc) is 2.63. The highest BCUT2D eigenvalue weighted by molar-refractivity contribution is 5.95. The Morgan fingerprint density at radius 1 is 1.08 bits per heavy atom. The maximum absolute atomic E-state index is 12.1. The minimum Gasteiger partial charge on any atom is -0.497 e. The second-order valence-corrected chi connectivity index (χ2v) is 5.84. The summed E-state index contributed by atoms with van der Waals surface area (Å²) in [7, 11) is 1.56. The molecule has 0 fully saturated rings. The lowest BCUT2D eigenvalue weighted by atomic mass is 10.1. The maximum Gasteiger partial charge on any atom is 0.344 e. The van der Waals surface area contributed by atoms with Crippen LogP contribution >= 0.6 is 0 Å². The van der Waals surface area contributed by atoms with Gasteiger partial charge >= 0.3 is 5.97 Å². The van der Waals surface area contributed by atoms with E-state index in [0.717, 1.165) is 11.1 Å². The first-order valence-corrected chi connectivity index (χ1v) is 8.24. The third-order valence-corrected chi connectivity index (χ3v) is 3.94. The molecule has 0 aromatic heterocycles. The van der Waals surface area contributed by atoms with Crippen molar-refractivity contribution in [3.8, 4) is 11.5 Å². The van der Waals surface area contributed by atoms with Crippen LogP contribution in [0.3, 0.4) is 0 Å². The van der Waals surface area contributed by atoms with Crippen LogP contribution in [0.5, 0.6) is 11.5 Å². The van der Waals surface area contributed by atoms with Crippen molar-refractivity contribution >= 4 is 17.6 Å². The largest absolute Gasteiger partial charge is 0.497 e. The molecule has 0 bridgehead atoms. The van der Waals surface area contributed by atoms with Gasteiger partial charge in [-0.3, -0.25) is 4.79 Å². The molecule has 0 heterocycles. The number of methoxy groups -OCH3 is 1. The summed E-state index contributed by atoms with van der Waals surface area (Å²) in [5.74, 6) is 0.280. The lowest BCUT2D eigenvalue weighted by Crippen LogP contribution is -2.31. The van der Waals surface area contributed by atoms with Crippen molar-refractivity contribution in [2.45, 2.75) is 26.9 Å². The molecule has 6 heteroatoms. The number of amides is 1. The molecule has 0 unspecified atom stereocenters. The van der Waals surface area contributed by atoms with E-state index in [1.54, 1.807) is 37.4 Å². The summed E-state index contributed by atoms with van der Waals surface area (Å²) in [5, 5.41) is 2.68. The number of ether oxygens (including phenoxy) is 3. The summed E-state index contributed by atoms with van der Waals surface area (Å²) in [6.45, 7) is 5.13. The van der Waals surface area contributed by atoms with Crippen molar-refractivity contribution in [3.63, 3.8) is 0 Å². The minimum atomic E-state index is -0.938.